The van der Waals surface area contributed by atoms with Crippen LogP contribution in [0.1, 0.15) is 36.7 Å². The van der Waals surface area contributed by atoms with Crippen molar-refractivity contribution in [3.8, 4) is 0 Å². The van der Waals surface area contributed by atoms with Crippen molar-refractivity contribution >= 4 is 5.97 Å². The maximum Gasteiger partial charge on any atom is 0.335 e. The predicted molar refractivity (Wildman–Crippen MR) is 73.3 cm³/mol. The molecule has 0 radical (unpaired) electrons. The Labute approximate surface area is 118 Å². The van der Waals surface area contributed by atoms with Crippen molar-refractivity contribution in [2.45, 2.75) is 39.0 Å². The molecule has 0 aromatic heterocycles. The zero-order chi connectivity index (χ0) is 14.9. The van der Waals surface area contributed by atoms with Gasteiger partial charge < -0.3 is 9.84 Å². The summed E-state index contributed by atoms with van der Waals surface area (Å²) in [5.74, 6) is -1.62. The molecule has 1 heterocycles. The lowest BCUT2D eigenvalue weighted by Gasteiger charge is -2.41. The van der Waals surface area contributed by atoms with Crippen LogP contribution in [0.3, 0.4) is 0 Å². The third kappa shape index (κ3) is 3.77. The number of hydrogen-bond donors (Lipinski definition) is 1. The first-order valence-corrected chi connectivity index (χ1v) is 6.68. The zero-order valence-corrected chi connectivity index (χ0v) is 12.0. The summed E-state index contributed by atoms with van der Waals surface area (Å²) in [5.41, 5.74) is 0.411. The minimum absolute atomic E-state index is 0.0134. The summed E-state index contributed by atoms with van der Waals surface area (Å²) in [5, 5.41) is 8.96. The van der Waals surface area contributed by atoms with Gasteiger partial charge in [0.2, 0.25) is 0 Å². The van der Waals surface area contributed by atoms with Crippen molar-refractivity contribution in [2.75, 3.05) is 13.1 Å². The molecule has 0 saturated carbocycles. The average Bonchev–Trinajstić information content (AvgIpc) is 2.24. The van der Waals surface area contributed by atoms with Gasteiger partial charge in [0.25, 0.3) is 0 Å². The molecule has 20 heavy (non-hydrogen) atoms. The lowest BCUT2D eigenvalue weighted by atomic mass is 10.0. The van der Waals surface area contributed by atoms with E-state index in [9.17, 15) is 9.18 Å². The Morgan fingerprint density at radius 1 is 1.50 bits per heavy atom. The van der Waals surface area contributed by atoms with Crippen LogP contribution in [-0.4, -0.2) is 40.8 Å². The Bertz CT molecular complexity index is 516. The van der Waals surface area contributed by atoms with Gasteiger partial charge in [0.1, 0.15) is 5.82 Å². The Hall–Kier alpha value is -1.46. The minimum Gasteiger partial charge on any atom is -0.478 e. The molecule has 1 aliphatic heterocycles. The van der Waals surface area contributed by atoms with Gasteiger partial charge in [0.05, 0.1) is 17.3 Å². The molecule has 0 amide bonds. The second kappa shape index (κ2) is 5.50. The maximum absolute atomic E-state index is 13.5. The average molecular weight is 281 g/mol. The lowest BCUT2D eigenvalue weighted by Crippen LogP contribution is -2.51. The van der Waals surface area contributed by atoms with Crippen molar-refractivity contribution < 1.29 is 19.0 Å². The van der Waals surface area contributed by atoms with E-state index in [-0.39, 0.29) is 17.3 Å². The van der Waals surface area contributed by atoms with Crippen LogP contribution in [0.4, 0.5) is 4.39 Å². The molecule has 2 rings (SSSR count). The van der Waals surface area contributed by atoms with E-state index in [1.807, 2.05) is 20.8 Å². The molecule has 1 N–H and O–H groups in total. The van der Waals surface area contributed by atoms with Crippen LogP contribution in [0.25, 0.3) is 0 Å². The van der Waals surface area contributed by atoms with Crippen molar-refractivity contribution in [3.05, 3.63) is 35.1 Å². The molecule has 1 atom stereocenters. The number of carboxylic acid groups (broad SMARTS) is 1. The van der Waals surface area contributed by atoms with Crippen LogP contribution in [0.15, 0.2) is 18.2 Å². The van der Waals surface area contributed by atoms with Crippen LogP contribution >= 0.6 is 0 Å². The summed E-state index contributed by atoms with van der Waals surface area (Å²) < 4.78 is 19.3. The lowest BCUT2D eigenvalue weighted by molar-refractivity contribution is -0.130. The van der Waals surface area contributed by atoms with Crippen molar-refractivity contribution in [3.63, 3.8) is 0 Å². The minimum atomic E-state index is -1.11. The van der Waals surface area contributed by atoms with Gasteiger partial charge in [-0.05, 0) is 44.5 Å². The predicted octanol–water partition coefficient (Wildman–Crippen LogP) is 2.52. The molecule has 110 valence electrons. The van der Waals surface area contributed by atoms with E-state index in [1.165, 1.54) is 12.1 Å². The van der Waals surface area contributed by atoms with Gasteiger partial charge in [-0.3, -0.25) is 4.90 Å². The van der Waals surface area contributed by atoms with Gasteiger partial charge in [-0.1, -0.05) is 0 Å². The van der Waals surface area contributed by atoms with Gasteiger partial charge in [0, 0.05) is 19.6 Å². The standard InChI is InChI=1S/C15H20FNO3/c1-10-7-17(9-15(2,3)20-10)8-11-4-12(14(18)19)6-13(16)5-11/h4-6,10H,7-9H2,1-3H3,(H,18,19). The summed E-state index contributed by atoms with van der Waals surface area (Å²) in [6.07, 6.45) is 0.103. The number of hydrogen-bond acceptors (Lipinski definition) is 3. The number of nitrogens with zero attached hydrogens (tertiary/aromatic N) is 1. The van der Waals surface area contributed by atoms with E-state index < -0.39 is 11.8 Å². The highest BCUT2D eigenvalue weighted by Crippen LogP contribution is 2.22. The molecule has 1 aromatic carbocycles. The summed E-state index contributed by atoms with van der Waals surface area (Å²) in [7, 11) is 0. The normalized spacial score (nSPS) is 22.7. The summed E-state index contributed by atoms with van der Waals surface area (Å²) in [4.78, 5) is 13.1. The molecular weight excluding hydrogens is 261 g/mol. The smallest absolute Gasteiger partial charge is 0.335 e. The Morgan fingerprint density at radius 3 is 2.80 bits per heavy atom. The second-order valence-corrected chi connectivity index (χ2v) is 6.01. The van der Waals surface area contributed by atoms with Gasteiger partial charge in [-0.2, -0.15) is 0 Å². The fraction of sp³-hybridized carbons (Fsp3) is 0.533. The van der Waals surface area contributed by atoms with E-state index in [2.05, 4.69) is 4.90 Å². The third-order valence-electron chi connectivity index (χ3n) is 3.25. The fourth-order valence-corrected chi connectivity index (χ4v) is 2.83. The topological polar surface area (TPSA) is 49.8 Å². The number of aromatic carboxylic acids is 1. The largest absolute Gasteiger partial charge is 0.478 e. The molecule has 5 heteroatoms. The third-order valence-corrected chi connectivity index (χ3v) is 3.25. The number of halogens is 1. The van der Waals surface area contributed by atoms with Crippen LogP contribution in [0, 0.1) is 5.82 Å². The molecule has 1 unspecified atom stereocenters. The Balaban J connectivity index is 2.15. The highest BCUT2D eigenvalue weighted by Gasteiger charge is 2.31. The first-order chi connectivity index (χ1) is 9.25. The van der Waals surface area contributed by atoms with Crippen molar-refractivity contribution in [1.82, 2.24) is 4.90 Å². The van der Waals surface area contributed by atoms with Gasteiger partial charge in [-0.25, -0.2) is 9.18 Å². The SMILES string of the molecule is CC1CN(Cc2cc(F)cc(C(=O)O)c2)CC(C)(C)O1. The monoisotopic (exact) mass is 281 g/mol. The first kappa shape index (κ1) is 14.9. The highest BCUT2D eigenvalue weighted by molar-refractivity contribution is 5.87. The van der Waals surface area contributed by atoms with Crippen LogP contribution in [-0.2, 0) is 11.3 Å². The number of carboxylic acids is 1. The molecule has 1 aliphatic rings. The molecule has 0 bridgehead atoms. The van der Waals surface area contributed by atoms with Crippen molar-refractivity contribution in [1.29, 1.82) is 0 Å². The van der Waals surface area contributed by atoms with E-state index >= 15 is 0 Å². The maximum atomic E-state index is 13.5. The number of benzene rings is 1. The van der Waals surface area contributed by atoms with E-state index in [4.69, 9.17) is 9.84 Å². The van der Waals surface area contributed by atoms with Gasteiger partial charge >= 0.3 is 5.97 Å². The van der Waals surface area contributed by atoms with Crippen LogP contribution in [0.2, 0.25) is 0 Å². The molecule has 4 nitrogen and oxygen atoms in total. The summed E-state index contributed by atoms with van der Waals surface area (Å²) >= 11 is 0. The van der Waals surface area contributed by atoms with E-state index in [0.717, 1.165) is 19.2 Å². The first-order valence-electron chi connectivity index (χ1n) is 6.68. The van der Waals surface area contributed by atoms with Crippen molar-refractivity contribution in [2.24, 2.45) is 0 Å². The summed E-state index contributed by atoms with van der Waals surface area (Å²) in [6.45, 7) is 8.05. The number of ether oxygens (including phenoxy) is 1. The molecule has 1 aromatic rings. The molecule has 0 aliphatic carbocycles. The number of carbonyl (C=O) groups is 1. The van der Waals surface area contributed by atoms with E-state index in [0.29, 0.717) is 12.1 Å². The zero-order valence-electron chi connectivity index (χ0n) is 12.0. The molecule has 0 spiro atoms. The molecular formula is C15H20FNO3. The Kier molecular flexibility index (Phi) is 4.11. The summed E-state index contributed by atoms with van der Waals surface area (Å²) in [6, 6.07) is 3.95. The van der Waals surface area contributed by atoms with Crippen LogP contribution < -0.4 is 0 Å². The van der Waals surface area contributed by atoms with E-state index in [1.54, 1.807) is 0 Å². The Morgan fingerprint density at radius 2 is 2.20 bits per heavy atom. The molecule has 1 saturated heterocycles. The van der Waals surface area contributed by atoms with Crippen LogP contribution in [0.5, 0.6) is 0 Å². The number of rotatable bonds is 3. The number of morpholine rings is 1. The quantitative estimate of drug-likeness (QED) is 0.925. The molecule has 1 fully saturated rings. The fourth-order valence-electron chi connectivity index (χ4n) is 2.83. The second-order valence-electron chi connectivity index (χ2n) is 6.01. The van der Waals surface area contributed by atoms with Gasteiger partial charge in [-0.15, -0.1) is 0 Å². The highest BCUT2D eigenvalue weighted by atomic mass is 19.1. The van der Waals surface area contributed by atoms with Gasteiger partial charge in [0.15, 0.2) is 0 Å².